The minimum Gasteiger partial charge on any atom is -0.497 e. The molecule has 0 atom stereocenters. The molecule has 0 amide bonds. The second-order valence-electron chi connectivity index (χ2n) is 3.28. The standard InChI is InChI=1S/C12H14O5/c1-8(13)10-5-4-9(15-2)6-11(10)17-7-12(14)16-3/h4-6H,7H2,1-3H3. The van der Waals surface area contributed by atoms with E-state index in [1.54, 1.807) is 18.2 Å². The number of rotatable bonds is 5. The van der Waals surface area contributed by atoms with Gasteiger partial charge in [0.25, 0.3) is 0 Å². The minimum absolute atomic E-state index is 0.146. The Bertz CT molecular complexity index is 425. The van der Waals surface area contributed by atoms with Crippen LogP contribution in [0.2, 0.25) is 0 Å². The van der Waals surface area contributed by atoms with Crippen LogP contribution < -0.4 is 9.47 Å². The van der Waals surface area contributed by atoms with Gasteiger partial charge in [-0.3, -0.25) is 4.79 Å². The fraction of sp³-hybridized carbons (Fsp3) is 0.333. The van der Waals surface area contributed by atoms with Gasteiger partial charge in [-0.25, -0.2) is 4.79 Å². The van der Waals surface area contributed by atoms with Crippen molar-refractivity contribution >= 4 is 11.8 Å². The van der Waals surface area contributed by atoms with Gasteiger partial charge in [0, 0.05) is 6.07 Å². The molecule has 0 spiro atoms. The lowest BCUT2D eigenvalue weighted by Crippen LogP contribution is -2.14. The van der Waals surface area contributed by atoms with E-state index in [2.05, 4.69) is 4.74 Å². The summed E-state index contributed by atoms with van der Waals surface area (Å²) >= 11 is 0. The molecule has 0 radical (unpaired) electrons. The monoisotopic (exact) mass is 238 g/mol. The van der Waals surface area contributed by atoms with Crippen molar-refractivity contribution in [3.8, 4) is 11.5 Å². The van der Waals surface area contributed by atoms with Crippen molar-refractivity contribution in [1.29, 1.82) is 0 Å². The van der Waals surface area contributed by atoms with Crippen LogP contribution in [0.15, 0.2) is 18.2 Å². The van der Waals surface area contributed by atoms with Crippen LogP contribution in [0.1, 0.15) is 17.3 Å². The highest BCUT2D eigenvalue weighted by molar-refractivity contribution is 5.97. The van der Waals surface area contributed by atoms with Crippen LogP contribution in [-0.4, -0.2) is 32.6 Å². The summed E-state index contributed by atoms with van der Waals surface area (Å²) in [4.78, 5) is 22.3. The van der Waals surface area contributed by atoms with E-state index in [1.807, 2.05) is 0 Å². The number of esters is 1. The molecule has 1 aromatic carbocycles. The Morgan fingerprint density at radius 2 is 1.94 bits per heavy atom. The van der Waals surface area contributed by atoms with Gasteiger partial charge in [0.1, 0.15) is 11.5 Å². The van der Waals surface area contributed by atoms with Gasteiger partial charge in [-0.05, 0) is 19.1 Å². The molecular formula is C12H14O5. The van der Waals surface area contributed by atoms with E-state index in [1.165, 1.54) is 21.1 Å². The van der Waals surface area contributed by atoms with Crippen LogP contribution in [0.4, 0.5) is 0 Å². The number of carbonyl (C=O) groups excluding carboxylic acids is 2. The molecule has 0 saturated heterocycles. The van der Waals surface area contributed by atoms with Gasteiger partial charge in [-0.1, -0.05) is 0 Å². The molecule has 17 heavy (non-hydrogen) atoms. The molecule has 0 aromatic heterocycles. The van der Waals surface area contributed by atoms with E-state index in [4.69, 9.17) is 9.47 Å². The molecule has 0 N–H and O–H groups in total. The average Bonchev–Trinajstić information content (AvgIpc) is 2.35. The minimum atomic E-state index is -0.512. The molecule has 0 unspecified atom stereocenters. The molecule has 5 nitrogen and oxygen atoms in total. The van der Waals surface area contributed by atoms with E-state index < -0.39 is 5.97 Å². The topological polar surface area (TPSA) is 61.8 Å². The quantitative estimate of drug-likeness (QED) is 0.574. The molecular weight excluding hydrogens is 224 g/mol. The highest BCUT2D eigenvalue weighted by Gasteiger charge is 2.11. The van der Waals surface area contributed by atoms with E-state index >= 15 is 0 Å². The van der Waals surface area contributed by atoms with Gasteiger partial charge in [-0.15, -0.1) is 0 Å². The third kappa shape index (κ3) is 3.48. The van der Waals surface area contributed by atoms with Crippen molar-refractivity contribution in [3.63, 3.8) is 0 Å². The lowest BCUT2D eigenvalue weighted by Gasteiger charge is -2.10. The highest BCUT2D eigenvalue weighted by atomic mass is 16.6. The molecule has 0 aliphatic carbocycles. The lowest BCUT2D eigenvalue weighted by molar-refractivity contribution is -0.142. The summed E-state index contributed by atoms with van der Waals surface area (Å²) < 4.78 is 14.7. The first-order valence-corrected chi connectivity index (χ1v) is 4.97. The molecule has 0 heterocycles. The number of carbonyl (C=O) groups is 2. The lowest BCUT2D eigenvalue weighted by atomic mass is 10.1. The first-order valence-electron chi connectivity index (χ1n) is 4.97. The van der Waals surface area contributed by atoms with Crippen LogP contribution in [0.5, 0.6) is 11.5 Å². The second-order valence-corrected chi connectivity index (χ2v) is 3.28. The first kappa shape index (κ1) is 13.0. The summed E-state index contributed by atoms with van der Waals surface area (Å²) in [6, 6.07) is 4.80. The predicted octanol–water partition coefficient (Wildman–Crippen LogP) is 1.45. The van der Waals surface area contributed by atoms with Crippen LogP contribution >= 0.6 is 0 Å². The van der Waals surface area contributed by atoms with Crippen molar-refractivity contribution in [1.82, 2.24) is 0 Å². The van der Waals surface area contributed by atoms with E-state index in [-0.39, 0.29) is 12.4 Å². The number of hydrogen-bond acceptors (Lipinski definition) is 5. The van der Waals surface area contributed by atoms with Gasteiger partial charge >= 0.3 is 5.97 Å². The van der Waals surface area contributed by atoms with Crippen molar-refractivity contribution in [2.24, 2.45) is 0 Å². The van der Waals surface area contributed by atoms with Crippen molar-refractivity contribution in [3.05, 3.63) is 23.8 Å². The maximum atomic E-state index is 11.3. The molecule has 1 rings (SSSR count). The smallest absolute Gasteiger partial charge is 0.343 e. The van der Waals surface area contributed by atoms with Gasteiger partial charge in [0.2, 0.25) is 0 Å². The van der Waals surface area contributed by atoms with Crippen molar-refractivity contribution in [2.75, 3.05) is 20.8 Å². The molecule has 5 heteroatoms. The van der Waals surface area contributed by atoms with Crippen LogP contribution in [0.25, 0.3) is 0 Å². The molecule has 0 saturated carbocycles. The molecule has 92 valence electrons. The Morgan fingerprint density at radius 1 is 1.24 bits per heavy atom. The molecule has 1 aromatic rings. The number of hydrogen-bond donors (Lipinski definition) is 0. The predicted molar refractivity (Wildman–Crippen MR) is 60.5 cm³/mol. The molecule has 0 fully saturated rings. The van der Waals surface area contributed by atoms with Crippen molar-refractivity contribution < 1.29 is 23.8 Å². The fourth-order valence-electron chi connectivity index (χ4n) is 1.24. The Morgan fingerprint density at radius 3 is 2.47 bits per heavy atom. The normalized spacial score (nSPS) is 9.59. The number of ether oxygens (including phenoxy) is 3. The Hall–Kier alpha value is -2.04. The zero-order valence-electron chi connectivity index (χ0n) is 9.98. The third-order valence-electron chi connectivity index (χ3n) is 2.14. The first-order chi connectivity index (χ1) is 8.08. The Labute approximate surface area is 99.3 Å². The van der Waals surface area contributed by atoms with E-state index in [0.29, 0.717) is 17.1 Å². The maximum absolute atomic E-state index is 11.3. The zero-order valence-corrected chi connectivity index (χ0v) is 9.98. The third-order valence-corrected chi connectivity index (χ3v) is 2.14. The summed E-state index contributed by atoms with van der Waals surface area (Å²) in [5, 5.41) is 0. The van der Waals surface area contributed by atoms with Crippen LogP contribution in [0.3, 0.4) is 0 Å². The van der Waals surface area contributed by atoms with Gasteiger partial charge in [0.15, 0.2) is 12.4 Å². The highest BCUT2D eigenvalue weighted by Crippen LogP contribution is 2.25. The molecule has 0 aliphatic heterocycles. The summed E-state index contributed by atoms with van der Waals surface area (Å²) in [6.45, 7) is 1.18. The average molecular weight is 238 g/mol. The maximum Gasteiger partial charge on any atom is 0.343 e. The van der Waals surface area contributed by atoms with E-state index in [0.717, 1.165) is 0 Å². The van der Waals surface area contributed by atoms with Gasteiger partial charge in [0.05, 0.1) is 19.8 Å². The Balaban J connectivity index is 2.93. The summed E-state index contributed by atoms with van der Waals surface area (Å²) in [5.41, 5.74) is 0.398. The largest absolute Gasteiger partial charge is 0.497 e. The van der Waals surface area contributed by atoms with Crippen LogP contribution in [0, 0.1) is 0 Å². The summed E-state index contributed by atoms with van der Waals surface area (Å²) in [7, 11) is 2.77. The number of methoxy groups -OCH3 is 2. The van der Waals surface area contributed by atoms with E-state index in [9.17, 15) is 9.59 Å². The SMILES string of the molecule is COC(=O)COc1cc(OC)ccc1C(C)=O. The fourth-order valence-corrected chi connectivity index (χ4v) is 1.24. The number of Topliss-reactive ketones (excluding diaryl/α,β-unsaturated/α-hetero) is 1. The number of ketones is 1. The Kier molecular flexibility index (Phi) is 4.51. The number of benzene rings is 1. The van der Waals surface area contributed by atoms with Crippen LogP contribution in [-0.2, 0) is 9.53 Å². The van der Waals surface area contributed by atoms with Gasteiger partial charge in [-0.2, -0.15) is 0 Å². The molecule has 0 aliphatic rings. The summed E-state index contributed by atoms with van der Waals surface area (Å²) in [5.74, 6) is 0.201. The zero-order chi connectivity index (χ0) is 12.8. The molecule has 0 bridgehead atoms. The van der Waals surface area contributed by atoms with Crippen molar-refractivity contribution in [2.45, 2.75) is 6.92 Å². The summed E-state index contributed by atoms with van der Waals surface area (Å²) in [6.07, 6.45) is 0. The second kappa shape index (κ2) is 5.89. The van der Waals surface area contributed by atoms with Gasteiger partial charge < -0.3 is 14.2 Å².